The summed E-state index contributed by atoms with van der Waals surface area (Å²) in [6, 6.07) is 11.7. The monoisotopic (exact) mass is 349 g/mol. The Balaban J connectivity index is 1.62. The lowest BCUT2D eigenvalue weighted by molar-refractivity contribution is 0.0714. The van der Waals surface area contributed by atoms with Crippen LogP contribution in [0.3, 0.4) is 0 Å². The van der Waals surface area contributed by atoms with E-state index in [9.17, 15) is 5.11 Å². The number of fused-ring (bicyclic) bond motifs is 1. The highest BCUT2D eigenvalue weighted by atomic mass is 16.3. The molecule has 4 aromatic rings. The van der Waals surface area contributed by atoms with Crippen LogP contribution in [-0.4, -0.2) is 31.4 Å². The normalized spacial score (nSPS) is 13.7. The van der Waals surface area contributed by atoms with Gasteiger partial charge in [0.05, 0.1) is 11.6 Å². The van der Waals surface area contributed by atoms with Gasteiger partial charge in [0.1, 0.15) is 23.5 Å². The van der Waals surface area contributed by atoms with Gasteiger partial charge in [0.15, 0.2) is 0 Å². The Kier molecular flexibility index (Phi) is 3.93. The molecule has 1 unspecified atom stereocenters. The number of rotatable bonds is 5. The molecule has 0 aliphatic carbocycles. The van der Waals surface area contributed by atoms with Crippen molar-refractivity contribution >= 4 is 16.9 Å². The van der Waals surface area contributed by atoms with E-state index < -0.39 is 5.60 Å². The molecule has 1 atom stereocenters. The van der Waals surface area contributed by atoms with Gasteiger partial charge in [-0.1, -0.05) is 30.3 Å². The Morgan fingerprint density at radius 1 is 1.23 bits per heavy atom. The molecule has 0 aliphatic rings. The van der Waals surface area contributed by atoms with Crippen molar-refractivity contribution in [1.29, 1.82) is 0 Å². The van der Waals surface area contributed by atoms with E-state index in [0.29, 0.717) is 11.5 Å². The molecular formula is C19H19N5O2. The van der Waals surface area contributed by atoms with Crippen molar-refractivity contribution < 1.29 is 9.52 Å². The summed E-state index contributed by atoms with van der Waals surface area (Å²) >= 11 is 0. The molecular weight excluding hydrogens is 330 g/mol. The zero-order valence-electron chi connectivity index (χ0n) is 14.5. The minimum Gasteiger partial charge on any atom is -0.438 e. The van der Waals surface area contributed by atoms with Crippen LogP contribution in [0.5, 0.6) is 0 Å². The summed E-state index contributed by atoms with van der Waals surface area (Å²) in [5.41, 5.74) is 1.12. The summed E-state index contributed by atoms with van der Waals surface area (Å²) in [6.07, 6.45) is 4.90. The lowest BCUT2D eigenvalue weighted by Crippen LogP contribution is -2.30. The number of hydrogen-bond donors (Lipinski definition) is 2. The van der Waals surface area contributed by atoms with Gasteiger partial charge < -0.3 is 14.8 Å². The second-order valence-electron chi connectivity index (χ2n) is 6.45. The highest BCUT2D eigenvalue weighted by molar-refractivity contribution is 5.89. The van der Waals surface area contributed by atoms with Crippen LogP contribution >= 0.6 is 0 Å². The molecule has 2 N–H and O–H groups in total. The Morgan fingerprint density at radius 2 is 2.04 bits per heavy atom. The van der Waals surface area contributed by atoms with Crippen LogP contribution in [-0.2, 0) is 12.6 Å². The molecule has 7 heteroatoms. The number of aliphatic hydroxyl groups is 1. The van der Waals surface area contributed by atoms with Gasteiger partial charge in [-0.05, 0) is 13.0 Å². The van der Waals surface area contributed by atoms with Crippen molar-refractivity contribution in [2.75, 3.05) is 11.9 Å². The third kappa shape index (κ3) is 3.04. The number of hydrogen-bond acceptors (Lipinski definition) is 6. The lowest BCUT2D eigenvalue weighted by Gasteiger charge is -2.22. The van der Waals surface area contributed by atoms with Gasteiger partial charge in [-0.15, -0.1) is 0 Å². The second-order valence-corrected chi connectivity index (χ2v) is 6.45. The van der Waals surface area contributed by atoms with E-state index in [-0.39, 0.29) is 6.54 Å². The van der Waals surface area contributed by atoms with E-state index in [4.69, 9.17) is 4.42 Å². The SMILES string of the molecule is Cn1cc(C(C)(O)CNc2ncnc3oc(-c4ccccc4)cc23)cn1. The molecule has 0 saturated carbocycles. The van der Waals surface area contributed by atoms with Crippen LogP contribution < -0.4 is 5.32 Å². The van der Waals surface area contributed by atoms with Crippen molar-refractivity contribution in [2.45, 2.75) is 12.5 Å². The predicted octanol–water partition coefficient (Wildman–Crippen LogP) is 2.94. The summed E-state index contributed by atoms with van der Waals surface area (Å²) in [5, 5.41) is 18.8. The summed E-state index contributed by atoms with van der Waals surface area (Å²) in [7, 11) is 1.82. The van der Waals surface area contributed by atoms with E-state index in [1.54, 1.807) is 24.0 Å². The zero-order chi connectivity index (χ0) is 18.1. The molecule has 0 radical (unpaired) electrons. The summed E-state index contributed by atoms with van der Waals surface area (Å²) in [5.74, 6) is 1.34. The third-order valence-electron chi connectivity index (χ3n) is 4.31. The maximum atomic E-state index is 10.7. The van der Waals surface area contributed by atoms with Crippen LogP contribution in [0.1, 0.15) is 12.5 Å². The fourth-order valence-corrected chi connectivity index (χ4v) is 2.80. The molecule has 3 aromatic heterocycles. The molecule has 0 aliphatic heterocycles. The fraction of sp³-hybridized carbons (Fsp3) is 0.211. The van der Waals surface area contributed by atoms with Crippen LogP contribution in [0, 0.1) is 0 Å². The van der Waals surface area contributed by atoms with Gasteiger partial charge in [0, 0.05) is 30.9 Å². The number of nitrogens with one attached hydrogen (secondary N) is 1. The van der Waals surface area contributed by atoms with Crippen molar-refractivity contribution in [2.24, 2.45) is 7.05 Å². The molecule has 0 fully saturated rings. The topological polar surface area (TPSA) is 89.0 Å². The molecule has 132 valence electrons. The van der Waals surface area contributed by atoms with Gasteiger partial charge in [-0.3, -0.25) is 4.68 Å². The minimum absolute atomic E-state index is 0.274. The van der Waals surface area contributed by atoms with Crippen LogP contribution in [0.4, 0.5) is 5.82 Å². The van der Waals surface area contributed by atoms with E-state index in [2.05, 4.69) is 20.4 Å². The molecule has 0 amide bonds. The smallest absolute Gasteiger partial charge is 0.231 e. The second kappa shape index (κ2) is 6.27. The Labute approximate surface area is 150 Å². The van der Waals surface area contributed by atoms with Crippen LogP contribution in [0.2, 0.25) is 0 Å². The number of benzene rings is 1. The maximum absolute atomic E-state index is 10.7. The summed E-state index contributed by atoms with van der Waals surface area (Å²) in [6.45, 7) is 2.01. The highest BCUT2D eigenvalue weighted by Gasteiger charge is 2.25. The molecule has 0 bridgehead atoms. The van der Waals surface area contributed by atoms with Crippen LogP contribution in [0.15, 0.2) is 59.5 Å². The Morgan fingerprint density at radius 3 is 2.77 bits per heavy atom. The average molecular weight is 349 g/mol. The molecule has 26 heavy (non-hydrogen) atoms. The molecule has 4 rings (SSSR count). The average Bonchev–Trinajstić information content (AvgIpc) is 3.27. The molecule has 0 saturated heterocycles. The quantitative estimate of drug-likeness (QED) is 0.576. The number of anilines is 1. The summed E-state index contributed by atoms with van der Waals surface area (Å²) in [4.78, 5) is 8.50. The van der Waals surface area contributed by atoms with Crippen molar-refractivity contribution in [3.8, 4) is 11.3 Å². The minimum atomic E-state index is -1.09. The molecule has 1 aromatic carbocycles. The van der Waals surface area contributed by atoms with E-state index in [0.717, 1.165) is 22.3 Å². The maximum Gasteiger partial charge on any atom is 0.231 e. The lowest BCUT2D eigenvalue weighted by atomic mass is 10.00. The fourth-order valence-electron chi connectivity index (χ4n) is 2.80. The van der Waals surface area contributed by atoms with Crippen molar-refractivity contribution in [3.63, 3.8) is 0 Å². The van der Waals surface area contributed by atoms with Gasteiger partial charge in [0.25, 0.3) is 0 Å². The number of aromatic nitrogens is 4. The molecule has 3 heterocycles. The zero-order valence-corrected chi connectivity index (χ0v) is 14.5. The Bertz CT molecular complexity index is 1040. The Hall–Kier alpha value is -3.19. The number of aryl methyl sites for hydroxylation is 1. The first-order valence-corrected chi connectivity index (χ1v) is 8.28. The number of nitrogens with zero attached hydrogens (tertiary/aromatic N) is 4. The highest BCUT2D eigenvalue weighted by Crippen LogP contribution is 2.30. The van der Waals surface area contributed by atoms with E-state index in [1.807, 2.05) is 43.4 Å². The van der Waals surface area contributed by atoms with Crippen molar-refractivity contribution in [1.82, 2.24) is 19.7 Å². The first-order valence-electron chi connectivity index (χ1n) is 8.28. The summed E-state index contributed by atoms with van der Waals surface area (Å²) < 4.78 is 7.51. The first kappa shape index (κ1) is 16.3. The molecule has 0 spiro atoms. The van der Waals surface area contributed by atoms with Gasteiger partial charge in [-0.2, -0.15) is 5.10 Å². The predicted molar refractivity (Wildman–Crippen MR) is 98.5 cm³/mol. The molecule has 7 nitrogen and oxygen atoms in total. The third-order valence-corrected chi connectivity index (χ3v) is 4.31. The van der Waals surface area contributed by atoms with Gasteiger partial charge >= 0.3 is 0 Å². The van der Waals surface area contributed by atoms with Gasteiger partial charge in [0.2, 0.25) is 5.71 Å². The van der Waals surface area contributed by atoms with Crippen LogP contribution in [0.25, 0.3) is 22.4 Å². The number of furan rings is 1. The van der Waals surface area contributed by atoms with E-state index in [1.165, 1.54) is 6.33 Å². The van der Waals surface area contributed by atoms with Gasteiger partial charge in [-0.25, -0.2) is 9.97 Å². The van der Waals surface area contributed by atoms with Crippen molar-refractivity contribution in [3.05, 3.63) is 60.7 Å². The first-order chi connectivity index (χ1) is 12.5. The van der Waals surface area contributed by atoms with E-state index >= 15 is 0 Å². The standard InChI is InChI=1S/C19H19N5O2/c1-19(25,14-9-23-24(2)10-14)11-20-17-15-8-16(13-6-4-3-5-7-13)26-18(15)22-12-21-17/h3-10,12,25H,11H2,1-2H3,(H,20,21,22). The largest absolute Gasteiger partial charge is 0.438 e.